The van der Waals surface area contributed by atoms with Gasteiger partial charge < -0.3 is 20.9 Å². The Labute approximate surface area is 187 Å². The molecule has 0 fully saturated rings. The monoisotopic (exact) mass is 446 g/mol. The van der Waals surface area contributed by atoms with Crippen LogP contribution in [-0.2, 0) is 9.53 Å². The summed E-state index contributed by atoms with van der Waals surface area (Å²) in [4.78, 5) is 29.8. The number of likely N-dealkylation sites (N-methyl/N-ethyl adjacent to an activating group) is 1. The summed E-state index contributed by atoms with van der Waals surface area (Å²) in [6.07, 6.45) is 1.32. The Kier molecular flexibility index (Phi) is 8.15. The van der Waals surface area contributed by atoms with Crippen LogP contribution in [0.25, 0.3) is 11.1 Å². The zero-order valence-corrected chi connectivity index (χ0v) is 19.1. The van der Waals surface area contributed by atoms with Gasteiger partial charge in [0.2, 0.25) is 0 Å². The molecule has 4 N–H and O–H groups in total. The molecule has 1 aromatic heterocycles. The molecule has 8 nitrogen and oxygen atoms in total. The predicted molar refractivity (Wildman–Crippen MR) is 120 cm³/mol. The Morgan fingerprint density at radius 1 is 1.28 bits per heavy atom. The largest absolute Gasteiger partial charge is 0.480 e. The molecule has 32 heavy (non-hydrogen) atoms. The number of hydrogen-bond donors (Lipinski definition) is 3. The standard InChI is InChI=1S/C23H31FN4O4/c1-14(21(29)30)28(5)11-9-19(27-22(31)32-23(2,3)4)20-12-15(8-10-26-20)17-13-16(24)6-7-18(17)25/h6-8,10,12-14,19H,9,11,25H2,1-5H3,(H,27,31)(H,29,30)/t14-,19-/m0/s1. The van der Waals surface area contributed by atoms with Crippen LogP contribution >= 0.6 is 0 Å². The highest BCUT2D eigenvalue weighted by Gasteiger charge is 2.24. The number of carboxylic acid groups (broad SMARTS) is 1. The number of carboxylic acids is 1. The van der Waals surface area contributed by atoms with E-state index in [0.29, 0.717) is 35.5 Å². The van der Waals surface area contributed by atoms with Gasteiger partial charge >= 0.3 is 12.1 Å². The first-order valence-corrected chi connectivity index (χ1v) is 10.3. The molecule has 2 atom stereocenters. The van der Waals surface area contributed by atoms with Crippen LogP contribution in [0.3, 0.4) is 0 Å². The van der Waals surface area contributed by atoms with Gasteiger partial charge in [-0.15, -0.1) is 0 Å². The number of nitrogens with zero attached hydrogens (tertiary/aromatic N) is 2. The van der Waals surface area contributed by atoms with Crippen LogP contribution in [0.5, 0.6) is 0 Å². The Hall–Kier alpha value is -3.20. The number of nitrogen functional groups attached to an aromatic ring is 1. The minimum absolute atomic E-state index is 0.377. The molecule has 174 valence electrons. The summed E-state index contributed by atoms with van der Waals surface area (Å²) in [7, 11) is 1.70. The number of hydrogen-bond acceptors (Lipinski definition) is 6. The van der Waals surface area contributed by atoms with Gasteiger partial charge in [-0.3, -0.25) is 14.7 Å². The molecule has 0 spiro atoms. The average molecular weight is 447 g/mol. The molecular formula is C23H31FN4O4. The van der Waals surface area contributed by atoms with E-state index >= 15 is 0 Å². The number of ether oxygens (including phenoxy) is 1. The first-order valence-electron chi connectivity index (χ1n) is 10.3. The van der Waals surface area contributed by atoms with E-state index in [4.69, 9.17) is 10.5 Å². The van der Waals surface area contributed by atoms with Crippen molar-refractivity contribution in [3.8, 4) is 11.1 Å². The Morgan fingerprint density at radius 2 is 1.97 bits per heavy atom. The minimum Gasteiger partial charge on any atom is -0.480 e. The highest BCUT2D eigenvalue weighted by atomic mass is 19.1. The van der Waals surface area contributed by atoms with Gasteiger partial charge in [0.05, 0.1) is 11.7 Å². The predicted octanol–water partition coefficient (Wildman–Crippen LogP) is 3.83. The molecule has 0 aliphatic rings. The number of amides is 1. The Balaban J connectivity index is 2.32. The molecule has 0 aliphatic carbocycles. The molecule has 0 radical (unpaired) electrons. The van der Waals surface area contributed by atoms with Crippen molar-refractivity contribution in [1.82, 2.24) is 15.2 Å². The lowest BCUT2D eigenvalue weighted by atomic mass is 10.0. The maximum absolute atomic E-state index is 13.8. The molecule has 0 saturated carbocycles. The maximum atomic E-state index is 13.8. The maximum Gasteiger partial charge on any atom is 0.408 e. The lowest BCUT2D eigenvalue weighted by Crippen LogP contribution is -2.39. The van der Waals surface area contributed by atoms with Crippen molar-refractivity contribution in [3.63, 3.8) is 0 Å². The summed E-state index contributed by atoms with van der Waals surface area (Å²) in [6, 6.07) is 6.29. The first-order chi connectivity index (χ1) is 14.9. The summed E-state index contributed by atoms with van der Waals surface area (Å²) in [5, 5.41) is 12.0. The quantitative estimate of drug-likeness (QED) is 0.528. The molecular weight excluding hydrogens is 415 g/mol. The molecule has 1 heterocycles. The average Bonchev–Trinajstić information content (AvgIpc) is 2.70. The number of carbonyl (C=O) groups excluding carboxylic acids is 1. The number of aromatic nitrogens is 1. The first kappa shape index (κ1) is 25.1. The third kappa shape index (κ3) is 7.19. The smallest absolute Gasteiger partial charge is 0.408 e. The molecule has 0 bridgehead atoms. The molecule has 1 aromatic carbocycles. The SMILES string of the molecule is C[C@@H](C(=O)O)N(C)CC[C@H](NC(=O)OC(C)(C)C)c1cc(-c2cc(F)ccc2N)ccn1. The zero-order valence-electron chi connectivity index (χ0n) is 19.1. The normalized spacial score (nSPS) is 13.5. The fourth-order valence-electron chi connectivity index (χ4n) is 3.04. The fourth-order valence-corrected chi connectivity index (χ4v) is 3.04. The highest BCUT2D eigenvalue weighted by Crippen LogP contribution is 2.29. The topological polar surface area (TPSA) is 118 Å². The molecule has 0 aliphatic heterocycles. The van der Waals surface area contributed by atoms with Crippen LogP contribution in [0, 0.1) is 5.82 Å². The van der Waals surface area contributed by atoms with E-state index in [-0.39, 0.29) is 0 Å². The van der Waals surface area contributed by atoms with E-state index in [1.165, 1.54) is 18.2 Å². The molecule has 9 heteroatoms. The zero-order chi connectivity index (χ0) is 24.1. The molecule has 2 aromatic rings. The van der Waals surface area contributed by atoms with Gasteiger partial charge in [-0.1, -0.05) is 0 Å². The summed E-state index contributed by atoms with van der Waals surface area (Å²) >= 11 is 0. The number of anilines is 1. The molecule has 1 amide bonds. The highest BCUT2D eigenvalue weighted by molar-refractivity contribution is 5.76. The van der Waals surface area contributed by atoms with Crippen LogP contribution in [0.4, 0.5) is 14.9 Å². The summed E-state index contributed by atoms with van der Waals surface area (Å²) < 4.78 is 19.2. The fraction of sp³-hybridized carbons (Fsp3) is 0.435. The number of aliphatic carboxylic acids is 1. The van der Waals surface area contributed by atoms with Gasteiger partial charge in [0, 0.05) is 24.0 Å². The van der Waals surface area contributed by atoms with E-state index in [9.17, 15) is 19.1 Å². The number of halogens is 1. The van der Waals surface area contributed by atoms with Crippen LogP contribution in [-0.4, -0.2) is 52.3 Å². The van der Waals surface area contributed by atoms with Crippen LogP contribution < -0.4 is 11.1 Å². The summed E-state index contributed by atoms with van der Waals surface area (Å²) in [6.45, 7) is 7.24. The second kappa shape index (κ2) is 10.4. The van der Waals surface area contributed by atoms with Gasteiger partial charge in [-0.05, 0) is 77.1 Å². The van der Waals surface area contributed by atoms with Gasteiger partial charge in [0.15, 0.2) is 0 Å². The number of rotatable bonds is 8. The lowest BCUT2D eigenvalue weighted by molar-refractivity contribution is -0.142. The third-order valence-electron chi connectivity index (χ3n) is 4.94. The van der Waals surface area contributed by atoms with E-state index in [0.717, 1.165) is 0 Å². The van der Waals surface area contributed by atoms with Crippen molar-refractivity contribution in [2.75, 3.05) is 19.3 Å². The minimum atomic E-state index is -0.939. The second-order valence-corrected chi connectivity index (χ2v) is 8.68. The van der Waals surface area contributed by atoms with Crippen LogP contribution in [0.2, 0.25) is 0 Å². The van der Waals surface area contributed by atoms with Crippen molar-refractivity contribution in [1.29, 1.82) is 0 Å². The van der Waals surface area contributed by atoms with Gasteiger partial charge in [-0.25, -0.2) is 9.18 Å². The Bertz CT molecular complexity index is 961. The van der Waals surface area contributed by atoms with E-state index in [1.54, 1.807) is 58.0 Å². The third-order valence-corrected chi connectivity index (χ3v) is 4.94. The van der Waals surface area contributed by atoms with Crippen LogP contribution in [0.15, 0.2) is 36.5 Å². The van der Waals surface area contributed by atoms with Gasteiger partial charge in [-0.2, -0.15) is 0 Å². The summed E-state index contributed by atoms with van der Waals surface area (Å²) in [5.41, 5.74) is 7.43. The van der Waals surface area contributed by atoms with Crippen molar-refractivity contribution in [2.45, 2.75) is 51.8 Å². The number of benzene rings is 1. The summed E-state index contributed by atoms with van der Waals surface area (Å²) in [5.74, 6) is -1.36. The molecule has 0 saturated heterocycles. The van der Waals surface area contributed by atoms with Crippen molar-refractivity contribution < 1.29 is 23.8 Å². The van der Waals surface area contributed by atoms with Crippen LogP contribution in [0.1, 0.15) is 45.9 Å². The number of nitrogens with two attached hydrogens (primary N) is 1. The van der Waals surface area contributed by atoms with Gasteiger partial charge in [0.1, 0.15) is 17.5 Å². The van der Waals surface area contributed by atoms with Crippen molar-refractivity contribution >= 4 is 17.7 Å². The van der Waals surface area contributed by atoms with Crippen molar-refractivity contribution in [2.24, 2.45) is 0 Å². The lowest BCUT2D eigenvalue weighted by Gasteiger charge is -2.26. The number of carbonyl (C=O) groups is 2. The van der Waals surface area contributed by atoms with E-state index in [2.05, 4.69) is 10.3 Å². The number of alkyl carbamates (subject to hydrolysis) is 1. The molecule has 2 rings (SSSR count). The Morgan fingerprint density at radius 3 is 2.59 bits per heavy atom. The van der Waals surface area contributed by atoms with E-state index in [1.807, 2.05) is 0 Å². The van der Waals surface area contributed by atoms with Gasteiger partial charge in [0.25, 0.3) is 0 Å². The second-order valence-electron chi connectivity index (χ2n) is 8.68. The number of pyridine rings is 1. The molecule has 0 unspecified atom stereocenters. The van der Waals surface area contributed by atoms with E-state index < -0.39 is 35.6 Å². The number of nitrogens with one attached hydrogen (secondary N) is 1. The van der Waals surface area contributed by atoms with Crippen molar-refractivity contribution in [3.05, 3.63) is 48.0 Å².